The maximum Gasteiger partial charge on any atom is 0.266 e. The second-order valence-corrected chi connectivity index (χ2v) is 6.58. The van der Waals surface area contributed by atoms with Crippen LogP contribution in [0.3, 0.4) is 0 Å². The molecule has 3 aromatic rings. The first kappa shape index (κ1) is 15.3. The molecule has 0 unspecified atom stereocenters. The monoisotopic (exact) mass is 376 g/mol. The minimum atomic E-state index is -0.113. The van der Waals surface area contributed by atoms with Crippen LogP contribution in [0.2, 0.25) is 0 Å². The Labute approximate surface area is 139 Å². The van der Waals surface area contributed by atoms with Crippen LogP contribution in [0.25, 0.3) is 16.6 Å². The third-order valence-electron chi connectivity index (χ3n) is 3.14. The highest BCUT2D eigenvalue weighted by atomic mass is 79.9. The number of aliphatic hydroxyl groups is 1. The van der Waals surface area contributed by atoms with E-state index in [0.29, 0.717) is 21.8 Å². The fraction of sp³-hybridized carbons (Fsp3) is 0.125. The van der Waals surface area contributed by atoms with E-state index >= 15 is 0 Å². The van der Waals surface area contributed by atoms with Crippen LogP contribution < -0.4 is 5.56 Å². The number of aromatic nitrogens is 2. The molecular weight excluding hydrogens is 364 g/mol. The van der Waals surface area contributed by atoms with E-state index in [-0.39, 0.29) is 12.2 Å². The van der Waals surface area contributed by atoms with Gasteiger partial charge >= 0.3 is 0 Å². The van der Waals surface area contributed by atoms with Crippen LogP contribution in [0.1, 0.15) is 0 Å². The van der Waals surface area contributed by atoms with Crippen molar-refractivity contribution in [2.24, 2.45) is 0 Å². The normalized spacial score (nSPS) is 11.0. The van der Waals surface area contributed by atoms with Crippen molar-refractivity contribution in [2.75, 3.05) is 12.4 Å². The molecule has 2 aromatic carbocycles. The molecule has 22 heavy (non-hydrogen) atoms. The van der Waals surface area contributed by atoms with Gasteiger partial charge in [0, 0.05) is 10.2 Å². The lowest BCUT2D eigenvalue weighted by Gasteiger charge is -2.12. The van der Waals surface area contributed by atoms with Crippen LogP contribution in [0.4, 0.5) is 0 Å². The van der Waals surface area contributed by atoms with Crippen LogP contribution in [-0.2, 0) is 0 Å². The molecule has 0 saturated heterocycles. The highest BCUT2D eigenvalue weighted by molar-refractivity contribution is 9.10. The van der Waals surface area contributed by atoms with Gasteiger partial charge in [-0.15, -0.1) is 0 Å². The number of thioether (sulfide) groups is 1. The van der Waals surface area contributed by atoms with Crippen molar-refractivity contribution < 1.29 is 5.11 Å². The van der Waals surface area contributed by atoms with Gasteiger partial charge in [-0.05, 0) is 30.3 Å². The zero-order valence-corrected chi connectivity index (χ0v) is 14.0. The van der Waals surface area contributed by atoms with E-state index < -0.39 is 0 Å². The second kappa shape index (κ2) is 6.64. The number of rotatable bonds is 4. The fourth-order valence-corrected chi connectivity index (χ4v) is 3.29. The Kier molecular flexibility index (Phi) is 4.61. The summed E-state index contributed by atoms with van der Waals surface area (Å²) in [6.45, 7) is 0.0354. The lowest BCUT2D eigenvalue weighted by atomic mass is 10.2. The minimum Gasteiger partial charge on any atom is -0.396 e. The van der Waals surface area contributed by atoms with Gasteiger partial charge in [-0.25, -0.2) is 4.98 Å². The summed E-state index contributed by atoms with van der Waals surface area (Å²) in [6, 6.07) is 14.9. The Hall–Kier alpha value is -1.63. The zero-order chi connectivity index (χ0) is 15.5. The van der Waals surface area contributed by atoms with E-state index in [1.165, 1.54) is 11.8 Å². The Morgan fingerprint density at radius 2 is 1.95 bits per heavy atom. The first-order valence-corrected chi connectivity index (χ1v) is 8.50. The topological polar surface area (TPSA) is 55.1 Å². The summed E-state index contributed by atoms with van der Waals surface area (Å²) in [5.41, 5.74) is 1.31. The van der Waals surface area contributed by atoms with Gasteiger partial charge in [0.1, 0.15) is 0 Å². The molecule has 0 amide bonds. The number of aliphatic hydroxyl groups excluding tert-OH is 1. The second-order valence-electron chi connectivity index (χ2n) is 4.60. The highest BCUT2D eigenvalue weighted by Gasteiger charge is 2.13. The van der Waals surface area contributed by atoms with Crippen LogP contribution in [0.15, 0.2) is 63.0 Å². The number of halogens is 1. The number of para-hydroxylation sites is 1. The van der Waals surface area contributed by atoms with Gasteiger partial charge in [0.2, 0.25) is 0 Å². The standard InChI is InChI=1S/C16H13BrN2O2S/c17-11-6-7-14-13(10-11)15(21)19(12-4-2-1-3-5-12)16(18-14)22-9-8-20/h1-7,10,20H,8-9H2. The molecule has 0 atom stereocenters. The molecule has 0 fully saturated rings. The zero-order valence-electron chi connectivity index (χ0n) is 11.6. The van der Waals surface area contributed by atoms with Gasteiger partial charge in [-0.3, -0.25) is 9.36 Å². The number of fused-ring (bicyclic) bond motifs is 1. The molecule has 0 spiro atoms. The summed E-state index contributed by atoms with van der Waals surface area (Å²) in [5.74, 6) is 0.487. The molecule has 1 heterocycles. The third kappa shape index (κ3) is 2.95. The van der Waals surface area contributed by atoms with E-state index in [1.54, 1.807) is 10.6 Å². The Balaban J connectivity index is 2.30. The number of hydrogen-bond acceptors (Lipinski definition) is 4. The van der Waals surface area contributed by atoms with Gasteiger partial charge < -0.3 is 5.11 Å². The Bertz CT molecular complexity index is 865. The van der Waals surface area contributed by atoms with Crippen molar-refractivity contribution in [3.63, 3.8) is 0 Å². The number of hydrogen-bond donors (Lipinski definition) is 1. The first-order chi connectivity index (χ1) is 10.7. The van der Waals surface area contributed by atoms with Crippen LogP contribution >= 0.6 is 27.7 Å². The highest BCUT2D eigenvalue weighted by Crippen LogP contribution is 2.22. The molecule has 0 aliphatic heterocycles. The van der Waals surface area contributed by atoms with Gasteiger partial charge in [0.15, 0.2) is 5.16 Å². The molecular formula is C16H13BrN2O2S. The summed E-state index contributed by atoms with van der Waals surface area (Å²) in [4.78, 5) is 17.5. The molecule has 4 nitrogen and oxygen atoms in total. The summed E-state index contributed by atoms with van der Waals surface area (Å²) in [6.07, 6.45) is 0. The molecule has 0 aliphatic rings. The molecule has 1 N–H and O–H groups in total. The Morgan fingerprint density at radius 3 is 2.68 bits per heavy atom. The van der Waals surface area contributed by atoms with Crippen LogP contribution in [0.5, 0.6) is 0 Å². The molecule has 0 bridgehead atoms. The average Bonchev–Trinajstić information content (AvgIpc) is 2.54. The van der Waals surface area contributed by atoms with Crippen molar-refractivity contribution in [3.8, 4) is 5.69 Å². The van der Waals surface area contributed by atoms with Crippen molar-refractivity contribution in [3.05, 3.63) is 63.4 Å². The molecule has 0 radical (unpaired) electrons. The molecule has 1 aromatic heterocycles. The fourth-order valence-electron chi connectivity index (χ4n) is 2.18. The average molecular weight is 377 g/mol. The summed E-state index contributed by atoms with van der Waals surface area (Å²) in [7, 11) is 0. The van der Waals surface area contributed by atoms with E-state index in [0.717, 1.165) is 10.2 Å². The Morgan fingerprint density at radius 1 is 1.18 bits per heavy atom. The number of nitrogens with zero attached hydrogens (tertiary/aromatic N) is 2. The van der Waals surface area contributed by atoms with Gasteiger partial charge in [-0.2, -0.15) is 0 Å². The largest absolute Gasteiger partial charge is 0.396 e. The van der Waals surface area contributed by atoms with E-state index in [4.69, 9.17) is 5.11 Å². The SMILES string of the molecule is O=c1c2cc(Br)ccc2nc(SCCO)n1-c1ccccc1. The van der Waals surface area contributed by atoms with Crippen LogP contribution in [0, 0.1) is 0 Å². The summed E-state index contributed by atoms with van der Waals surface area (Å²) < 4.78 is 2.43. The molecule has 6 heteroatoms. The van der Waals surface area contributed by atoms with Crippen molar-refractivity contribution >= 4 is 38.6 Å². The summed E-state index contributed by atoms with van der Waals surface area (Å²) in [5, 5.41) is 10.2. The maximum absolute atomic E-state index is 12.9. The maximum atomic E-state index is 12.9. The predicted octanol–water partition coefficient (Wildman–Crippen LogP) is 3.23. The van der Waals surface area contributed by atoms with Gasteiger partial charge in [-0.1, -0.05) is 45.9 Å². The quantitative estimate of drug-likeness (QED) is 0.560. The van der Waals surface area contributed by atoms with E-state index in [2.05, 4.69) is 20.9 Å². The van der Waals surface area contributed by atoms with E-state index in [1.807, 2.05) is 42.5 Å². The van der Waals surface area contributed by atoms with Crippen molar-refractivity contribution in [1.29, 1.82) is 0 Å². The molecule has 3 rings (SSSR count). The van der Waals surface area contributed by atoms with Crippen LogP contribution in [-0.4, -0.2) is 27.0 Å². The molecule has 0 aliphatic carbocycles. The lowest BCUT2D eigenvalue weighted by molar-refractivity contribution is 0.322. The minimum absolute atomic E-state index is 0.0354. The first-order valence-electron chi connectivity index (χ1n) is 6.72. The number of benzene rings is 2. The molecule has 0 saturated carbocycles. The van der Waals surface area contributed by atoms with Gasteiger partial charge in [0.05, 0.1) is 23.2 Å². The summed E-state index contributed by atoms with van der Waals surface area (Å²) >= 11 is 4.76. The smallest absolute Gasteiger partial charge is 0.266 e. The lowest BCUT2D eigenvalue weighted by Crippen LogP contribution is -2.22. The van der Waals surface area contributed by atoms with E-state index in [9.17, 15) is 4.79 Å². The van der Waals surface area contributed by atoms with Crippen molar-refractivity contribution in [1.82, 2.24) is 9.55 Å². The molecule has 112 valence electrons. The predicted molar refractivity (Wildman–Crippen MR) is 92.8 cm³/mol. The van der Waals surface area contributed by atoms with Crippen molar-refractivity contribution in [2.45, 2.75) is 5.16 Å². The van der Waals surface area contributed by atoms with Gasteiger partial charge in [0.25, 0.3) is 5.56 Å². The third-order valence-corrected chi connectivity index (χ3v) is 4.55.